The van der Waals surface area contributed by atoms with Crippen molar-refractivity contribution < 1.29 is 4.79 Å². The van der Waals surface area contributed by atoms with Crippen molar-refractivity contribution >= 4 is 5.91 Å². The first-order chi connectivity index (χ1) is 9.27. The Labute approximate surface area is 117 Å². The Hall–Kier alpha value is -0.830. The zero-order chi connectivity index (χ0) is 13.6. The van der Waals surface area contributed by atoms with Gasteiger partial charge in [0.15, 0.2) is 0 Å². The van der Waals surface area contributed by atoms with Crippen molar-refractivity contribution in [3.05, 3.63) is 12.2 Å². The first-order valence-corrected chi connectivity index (χ1v) is 7.91. The van der Waals surface area contributed by atoms with E-state index in [2.05, 4.69) is 29.7 Å². The molecule has 0 spiro atoms. The minimum atomic E-state index is -0.141. The van der Waals surface area contributed by atoms with Crippen LogP contribution in [0, 0.1) is 11.3 Å². The lowest BCUT2D eigenvalue weighted by Crippen LogP contribution is -2.51. The molecule has 1 aliphatic carbocycles. The van der Waals surface area contributed by atoms with Crippen LogP contribution in [0.3, 0.4) is 0 Å². The Morgan fingerprint density at radius 3 is 3.00 bits per heavy atom. The second-order valence-corrected chi connectivity index (χ2v) is 6.17. The summed E-state index contributed by atoms with van der Waals surface area (Å²) in [6, 6.07) is 0. The average molecular weight is 264 g/mol. The van der Waals surface area contributed by atoms with Crippen molar-refractivity contribution in [1.29, 1.82) is 0 Å². The van der Waals surface area contributed by atoms with Crippen molar-refractivity contribution in [3.63, 3.8) is 0 Å². The summed E-state index contributed by atoms with van der Waals surface area (Å²) < 4.78 is 0. The van der Waals surface area contributed by atoms with Crippen LogP contribution in [0.5, 0.6) is 0 Å². The van der Waals surface area contributed by atoms with E-state index in [-0.39, 0.29) is 11.3 Å². The fourth-order valence-electron chi connectivity index (χ4n) is 3.43. The van der Waals surface area contributed by atoms with Gasteiger partial charge < -0.3 is 10.6 Å². The molecule has 3 nitrogen and oxygen atoms in total. The number of piperidine rings is 1. The number of rotatable bonds is 5. The van der Waals surface area contributed by atoms with Crippen molar-refractivity contribution in [2.45, 2.75) is 51.9 Å². The molecule has 1 amide bonds. The van der Waals surface area contributed by atoms with Crippen molar-refractivity contribution in [3.8, 4) is 0 Å². The highest BCUT2D eigenvalue weighted by molar-refractivity contribution is 5.83. The molecule has 2 aliphatic rings. The van der Waals surface area contributed by atoms with Gasteiger partial charge in [-0.3, -0.25) is 4.79 Å². The van der Waals surface area contributed by atoms with Gasteiger partial charge in [-0.1, -0.05) is 25.5 Å². The summed E-state index contributed by atoms with van der Waals surface area (Å²) in [6.45, 7) is 4.95. The molecule has 0 aromatic heterocycles. The Kier molecular flexibility index (Phi) is 5.44. The maximum atomic E-state index is 12.6. The van der Waals surface area contributed by atoms with Crippen LogP contribution >= 0.6 is 0 Å². The Morgan fingerprint density at radius 1 is 1.47 bits per heavy atom. The molecule has 1 fully saturated rings. The lowest BCUT2D eigenvalue weighted by atomic mass is 9.76. The molecule has 2 atom stereocenters. The molecule has 0 aromatic rings. The van der Waals surface area contributed by atoms with E-state index in [4.69, 9.17) is 0 Å². The molecule has 2 rings (SSSR count). The minimum Gasteiger partial charge on any atom is -0.355 e. The Morgan fingerprint density at radius 2 is 2.37 bits per heavy atom. The highest BCUT2D eigenvalue weighted by atomic mass is 16.2. The molecule has 108 valence electrons. The van der Waals surface area contributed by atoms with Crippen LogP contribution in [-0.2, 0) is 4.79 Å². The van der Waals surface area contributed by atoms with Gasteiger partial charge in [-0.05, 0) is 51.0 Å². The van der Waals surface area contributed by atoms with E-state index < -0.39 is 0 Å². The highest BCUT2D eigenvalue weighted by Gasteiger charge is 2.38. The van der Waals surface area contributed by atoms with E-state index in [0.717, 1.165) is 51.7 Å². The quantitative estimate of drug-likeness (QED) is 0.750. The van der Waals surface area contributed by atoms with Gasteiger partial charge in [0.2, 0.25) is 5.91 Å². The van der Waals surface area contributed by atoms with Gasteiger partial charge in [0.1, 0.15) is 0 Å². The predicted molar refractivity (Wildman–Crippen MR) is 78.9 cm³/mol. The fourth-order valence-corrected chi connectivity index (χ4v) is 3.43. The molecule has 2 N–H and O–H groups in total. The molecule has 0 radical (unpaired) electrons. The number of amides is 1. The van der Waals surface area contributed by atoms with Crippen LogP contribution in [0.1, 0.15) is 51.9 Å². The molecule has 2 unspecified atom stereocenters. The first kappa shape index (κ1) is 14.6. The van der Waals surface area contributed by atoms with E-state index in [0.29, 0.717) is 5.92 Å². The number of carbonyl (C=O) groups is 1. The van der Waals surface area contributed by atoms with E-state index in [1.165, 1.54) is 12.8 Å². The molecule has 19 heavy (non-hydrogen) atoms. The molecule has 0 bridgehead atoms. The summed E-state index contributed by atoms with van der Waals surface area (Å²) in [5, 5.41) is 6.64. The first-order valence-electron chi connectivity index (χ1n) is 7.91. The van der Waals surface area contributed by atoms with Gasteiger partial charge in [-0.25, -0.2) is 0 Å². The lowest BCUT2D eigenvalue weighted by molar-refractivity contribution is -0.132. The largest absolute Gasteiger partial charge is 0.355 e. The average Bonchev–Trinajstić information content (AvgIpc) is 2.47. The maximum Gasteiger partial charge on any atom is 0.227 e. The molecule has 0 saturated carbocycles. The number of carbonyl (C=O) groups excluding carboxylic acids is 1. The minimum absolute atomic E-state index is 0.141. The molecule has 1 saturated heterocycles. The summed E-state index contributed by atoms with van der Waals surface area (Å²) in [4.78, 5) is 12.6. The van der Waals surface area contributed by atoms with Crippen LogP contribution in [-0.4, -0.2) is 25.5 Å². The van der Waals surface area contributed by atoms with Crippen molar-refractivity contribution in [2.75, 3.05) is 19.6 Å². The third-order valence-electron chi connectivity index (χ3n) is 4.61. The van der Waals surface area contributed by atoms with Gasteiger partial charge >= 0.3 is 0 Å². The normalized spacial score (nSPS) is 31.1. The van der Waals surface area contributed by atoms with Crippen LogP contribution < -0.4 is 10.6 Å². The number of hydrogen-bond acceptors (Lipinski definition) is 2. The highest BCUT2D eigenvalue weighted by Crippen LogP contribution is 2.32. The number of allylic oxidation sites excluding steroid dienone is 2. The fraction of sp³-hybridized carbons (Fsp3) is 0.812. The Balaban J connectivity index is 1.86. The molecule has 1 aliphatic heterocycles. The second kappa shape index (κ2) is 7.09. The van der Waals surface area contributed by atoms with E-state index >= 15 is 0 Å². The topological polar surface area (TPSA) is 41.1 Å². The molecule has 0 aromatic carbocycles. The van der Waals surface area contributed by atoms with Crippen molar-refractivity contribution in [1.82, 2.24) is 10.6 Å². The molecular weight excluding hydrogens is 236 g/mol. The maximum absolute atomic E-state index is 12.6. The summed E-state index contributed by atoms with van der Waals surface area (Å²) in [7, 11) is 0. The molecular formula is C16H28N2O. The third kappa shape index (κ3) is 3.82. The van der Waals surface area contributed by atoms with Crippen LogP contribution in [0.25, 0.3) is 0 Å². The number of nitrogens with one attached hydrogen (secondary N) is 2. The number of hydrogen-bond donors (Lipinski definition) is 2. The van der Waals surface area contributed by atoms with Crippen molar-refractivity contribution in [2.24, 2.45) is 11.3 Å². The van der Waals surface area contributed by atoms with Crippen LogP contribution in [0.2, 0.25) is 0 Å². The van der Waals surface area contributed by atoms with Crippen LogP contribution in [0.4, 0.5) is 0 Å². The van der Waals surface area contributed by atoms with E-state index in [9.17, 15) is 4.79 Å². The zero-order valence-corrected chi connectivity index (χ0v) is 12.2. The van der Waals surface area contributed by atoms with Gasteiger partial charge in [0.05, 0.1) is 5.41 Å². The predicted octanol–water partition coefficient (Wildman–Crippen LogP) is 2.63. The summed E-state index contributed by atoms with van der Waals surface area (Å²) in [6.07, 6.45) is 12.3. The van der Waals surface area contributed by atoms with E-state index in [1.807, 2.05) is 0 Å². The summed E-state index contributed by atoms with van der Waals surface area (Å²) >= 11 is 0. The van der Waals surface area contributed by atoms with Crippen LogP contribution in [0.15, 0.2) is 12.2 Å². The van der Waals surface area contributed by atoms with E-state index in [1.54, 1.807) is 0 Å². The third-order valence-corrected chi connectivity index (χ3v) is 4.61. The summed E-state index contributed by atoms with van der Waals surface area (Å²) in [5.41, 5.74) is -0.141. The van der Waals surface area contributed by atoms with Gasteiger partial charge in [0.25, 0.3) is 0 Å². The SMILES string of the molecule is CCCC1(C(=O)NCC2CC=CCC2)CCCNC1. The lowest BCUT2D eigenvalue weighted by Gasteiger charge is -2.36. The van der Waals surface area contributed by atoms with Gasteiger partial charge in [0, 0.05) is 13.1 Å². The molecule has 3 heteroatoms. The Bertz CT molecular complexity index is 313. The monoisotopic (exact) mass is 264 g/mol. The van der Waals surface area contributed by atoms with Gasteiger partial charge in [-0.15, -0.1) is 0 Å². The standard InChI is InChI=1S/C16H28N2O/c1-2-9-16(10-6-11-17-13-16)15(19)18-12-14-7-4-3-5-8-14/h3-4,14,17H,2,5-13H2,1H3,(H,18,19). The van der Waals surface area contributed by atoms with Gasteiger partial charge in [-0.2, -0.15) is 0 Å². The summed E-state index contributed by atoms with van der Waals surface area (Å²) in [5.74, 6) is 0.931. The second-order valence-electron chi connectivity index (χ2n) is 6.17. The smallest absolute Gasteiger partial charge is 0.227 e. The zero-order valence-electron chi connectivity index (χ0n) is 12.2. The molecule has 1 heterocycles.